The van der Waals surface area contributed by atoms with Crippen molar-refractivity contribution in [3.63, 3.8) is 0 Å². The highest BCUT2D eigenvalue weighted by molar-refractivity contribution is 7.92. The number of hydrogen-bond donors (Lipinski definition) is 1. The SMILES string of the molecule is COc1ccc(OC)c([C@@H](C)NC(=O)[C@@H](C)N(c2cc(Cl)cc(Cl)c2)S(C)(=O)=O)c1. The number of sulfonamides is 1. The number of methoxy groups -OCH3 is 2. The van der Waals surface area contributed by atoms with Gasteiger partial charge in [0.1, 0.15) is 17.5 Å². The first kappa shape index (κ1) is 24.1. The smallest absolute Gasteiger partial charge is 0.244 e. The molecule has 0 aliphatic carbocycles. The highest BCUT2D eigenvalue weighted by Gasteiger charge is 2.30. The van der Waals surface area contributed by atoms with E-state index in [1.807, 2.05) is 0 Å². The Hall–Kier alpha value is -2.16. The van der Waals surface area contributed by atoms with Gasteiger partial charge in [-0.25, -0.2) is 8.42 Å². The molecule has 1 N–H and O–H groups in total. The second-order valence-corrected chi connectivity index (χ2v) is 9.43. The lowest BCUT2D eigenvalue weighted by atomic mass is 10.1. The van der Waals surface area contributed by atoms with Crippen LogP contribution in [0.4, 0.5) is 5.69 Å². The maximum atomic E-state index is 13.0. The molecule has 0 fully saturated rings. The van der Waals surface area contributed by atoms with E-state index in [0.29, 0.717) is 17.1 Å². The first-order chi connectivity index (χ1) is 14.0. The molecule has 0 saturated carbocycles. The highest BCUT2D eigenvalue weighted by Crippen LogP contribution is 2.31. The van der Waals surface area contributed by atoms with Gasteiger partial charge in [-0.15, -0.1) is 0 Å². The second kappa shape index (κ2) is 9.76. The van der Waals surface area contributed by atoms with Crippen molar-refractivity contribution < 1.29 is 22.7 Å². The number of nitrogens with zero attached hydrogens (tertiary/aromatic N) is 1. The largest absolute Gasteiger partial charge is 0.497 e. The molecule has 0 saturated heterocycles. The van der Waals surface area contributed by atoms with E-state index in [-0.39, 0.29) is 15.7 Å². The first-order valence-electron chi connectivity index (χ1n) is 8.95. The lowest BCUT2D eigenvalue weighted by molar-refractivity contribution is -0.122. The van der Waals surface area contributed by atoms with Crippen molar-refractivity contribution >= 4 is 44.8 Å². The quantitative estimate of drug-likeness (QED) is 0.623. The maximum absolute atomic E-state index is 13.0. The van der Waals surface area contributed by atoms with E-state index < -0.39 is 28.0 Å². The average Bonchev–Trinajstić information content (AvgIpc) is 2.65. The van der Waals surface area contributed by atoms with Gasteiger partial charge in [0.15, 0.2) is 0 Å². The van der Waals surface area contributed by atoms with Crippen LogP contribution in [0.1, 0.15) is 25.5 Å². The summed E-state index contributed by atoms with van der Waals surface area (Å²) in [5, 5.41) is 3.34. The third kappa shape index (κ3) is 5.71. The predicted molar refractivity (Wildman–Crippen MR) is 119 cm³/mol. The lowest BCUT2D eigenvalue weighted by Gasteiger charge is -2.29. The van der Waals surface area contributed by atoms with E-state index in [1.54, 1.807) is 25.1 Å². The van der Waals surface area contributed by atoms with Crippen molar-refractivity contribution in [2.24, 2.45) is 0 Å². The van der Waals surface area contributed by atoms with Crippen LogP contribution in [-0.4, -0.2) is 40.8 Å². The molecular formula is C20H24Cl2N2O5S. The molecule has 0 radical (unpaired) electrons. The van der Waals surface area contributed by atoms with Crippen molar-refractivity contribution in [2.45, 2.75) is 25.9 Å². The number of amides is 1. The molecule has 7 nitrogen and oxygen atoms in total. The Balaban J connectivity index is 2.34. The van der Waals surface area contributed by atoms with Gasteiger partial charge in [0.25, 0.3) is 0 Å². The van der Waals surface area contributed by atoms with Crippen LogP contribution in [0, 0.1) is 0 Å². The number of halogens is 2. The minimum Gasteiger partial charge on any atom is -0.497 e. The number of hydrogen-bond acceptors (Lipinski definition) is 5. The molecule has 2 aromatic rings. The van der Waals surface area contributed by atoms with E-state index in [2.05, 4.69) is 5.32 Å². The van der Waals surface area contributed by atoms with Crippen LogP contribution in [0.2, 0.25) is 10.0 Å². The molecule has 10 heteroatoms. The summed E-state index contributed by atoms with van der Waals surface area (Å²) in [6, 6.07) is 8.04. The molecule has 0 bridgehead atoms. The van der Waals surface area contributed by atoms with Crippen LogP contribution in [0.5, 0.6) is 11.5 Å². The molecular weight excluding hydrogens is 451 g/mol. The monoisotopic (exact) mass is 474 g/mol. The van der Waals surface area contributed by atoms with Crippen molar-refractivity contribution in [1.82, 2.24) is 5.32 Å². The maximum Gasteiger partial charge on any atom is 0.244 e. The zero-order valence-electron chi connectivity index (χ0n) is 17.3. The number of anilines is 1. The van der Waals surface area contributed by atoms with Crippen molar-refractivity contribution in [3.8, 4) is 11.5 Å². The van der Waals surface area contributed by atoms with Gasteiger partial charge in [0, 0.05) is 15.6 Å². The van der Waals surface area contributed by atoms with Gasteiger partial charge in [0.2, 0.25) is 15.9 Å². The fourth-order valence-electron chi connectivity index (χ4n) is 3.06. The number of carbonyl (C=O) groups is 1. The fraction of sp³-hybridized carbons (Fsp3) is 0.350. The Morgan fingerprint density at radius 1 is 1.03 bits per heavy atom. The molecule has 0 spiro atoms. The Bertz CT molecular complexity index is 1010. The van der Waals surface area contributed by atoms with Crippen LogP contribution < -0.4 is 19.1 Å². The topological polar surface area (TPSA) is 84.9 Å². The van der Waals surface area contributed by atoms with E-state index in [0.717, 1.165) is 10.6 Å². The highest BCUT2D eigenvalue weighted by atomic mass is 35.5. The Kier molecular flexibility index (Phi) is 7.85. The van der Waals surface area contributed by atoms with Crippen LogP contribution in [-0.2, 0) is 14.8 Å². The summed E-state index contributed by atoms with van der Waals surface area (Å²) < 4.78 is 36.5. The minimum absolute atomic E-state index is 0.198. The molecule has 2 atom stereocenters. The number of nitrogens with one attached hydrogen (secondary N) is 1. The summed E-state index contributed by atoms with van der Waals surface area (Å²) in [6.07, 6.45) is 1.01. The molecule has 0 aliphatic heterocycles. The van der Waals surface area contributed by atoms with E-state index in [4.69, 9.17) is 32.7 Å². The van der Waals surface area contributed by atoms with E-state index in [1.165, 1.54) is 39.3 Å². The summed E-state index contributed by atoms with van der Waals surface area (Å²) in [4.78, 5) is 13.0. The van der Waals surface area contributed by atoms with Crippen molar-refractivity contribution in [3.05, 3.63) is 52.0 Å². The van der Waals surface area contributed by atoms with Crippen LogP contribution in [0.15, 0.2) is 36.4 Å². The summed E-state index contributed by atoms with van der Waals surface area (Å²) in [7, 11) is -0.746. The summed E-state index contributed by atoms with van der Waals surface area (Å²) >= 11 is 12.0. The van der Waals surface area contributed by atoms with Gasteiger partial charge >= 0.3 is 0 Å². The summed E-state index contributed by atoms with van der Waals surface area (Å²) in [5.74, 6) is 0.665. The molecule has 0 aromatic heterocycles. The van der Waals surface area contributed by atoms with E-state index >= 15 is 0 Å². The molecule has 0 aliphatic rings. The molecule has 2 rings (SSSR count). The number of benzene rings is 2. The summed E-state index contributed by atoms with van der Waals surface area (Å²) in [6.45, 7) is 3.25. The second-order valence-electron chi connectivity index (χ2n) is 6.70. The van der Waals surface area contributed by atoms with Gasteiger partial charge in [-0.1, -0.05) is 23.2 Å². The lowest BCUT2D eigenvalue weighted by Crippen LogP contribution is -2.48. The molecule has 30 heavy (non-hydrogen) atoms. The first-order valence-corrected chi connectivity index (χ1v) is 11.6. The number of carbonyl (C=O) groups excluding carboxylic acids is 1. The molecule has 1 amide bonds. The van der Waals surface area contributed by atoms with Gasteiger partial charge in [0.05, 0.1) is 32.2 Å². The molecule has 2 aromatic carbocycles. The molecule has 0 unspecified atom stereocenters. The summed E-state index contributed by atoms with van der Waals surface area (Å²) in [5.41, 5.74) is 0.887. The molecule has 164 valence electrons. The van der Waals surface area contributed by atoms with Crippen molar-refractivity contribution in [2.75, 3.05) is 24.8 Å². The third-order valence-corrected chi connectivity index (χ3v) is 6.13. The average molecular weight is 475 g/mol. The van der Waals surface area contributed by atoms with Gasteiger partial charge < -0.3 is 14.8 Å². The molecule has 0 heterocycles. The zero-order valence-corrected chi connectivity index (χ0v) is 19.6. The Morgan fingerprint density at radius 2 is 1.63 bits per heavy atom. The van der Waals surface area contributed by atoms with Gasteiger partial charge in [-0.2, -0.15) is 0 Å². The minimum atomic E-state index is -3.81. The van der Waals surface area contributed by atoms with Crippen LogP contribution in [0.3, 0.4) is 0 Å². The van der Waals surface area contributed by atoms with Crippen molar-refractivity contribution in [1.29, 1.82) is 0 Å². The third-order valence-electron chi connectivity index (χ3n) is 4.45. The normalized spacial score (nSPS) is 13.3. The number of rotatable bonds is 8. The zero-order chi connectivity index (χ0) is 22.6. The number of ether oxygens (including phenoxy) is 2. The predicted octanol–water partition coefficient (Wildman–Crippen LogP) is 4.04. The van der Waals surface area contributed by atoms with Gasteiger partial charge in [-0.05, 0) is 50.2 Å². The standard InChI is InChI=1S/C20H24Cl2N2O5S/c1-12(18-11-17(28-3)6-7-19(18)29-4)23-20(25)13(2)24(30(5,26)27)16-9-14(21)8-15(22)10-16/h6-13H,1-5H3,(H,23,25)/t12-,13-/m1/s1. The van der Waals surface area contributed by atoms with Crippen LogP contribution >= 0.6 is 23.2 Å². The Morgan fingerprint density at radius 3 is 2.13 bits per heavy atom. The van der Waals surface area contributed by atoms with E-state index in [9.17, 15) is 13.2 Å². The van der Waals surface area contributed by atoms with Crippen LogP contribution in [0.25, 0.3) is 0 Å². The fourth-order valence-corrected chi connectivity index (χ4v) is 4.74. The van der Waals surface area contributed by atoms with Gasteiger partial charge in [-0.3, -0.25) is 9.10 Å². The Labute approximate surface area is 186 Å².